The summed E-state index contributed by atoms with van der Waals surface area (Å²) in [4.78, 5) is 19.3. The summed E-state index contributed by atoms with van der Waals surface area (Å²) in [6.45, 7) is 6.28. The topological polar surface area (TPSA) is 101 Å². The second-order valence-electron chi connectivity index (χ2n) is 8.49. The van der Waals surface area contributed by atoms with Crippen LogP contribution in [0.15, 0.2) is 53.6 Å². The van der Waals surface area contributed by atoms with Crippen LogP contribution in [0.2, 0.25) is 0 Å². The molecule has 0 fully saturated rings. The molecule has 0 unspecified atom stereocenters. The van der Waals surface area contributed by atoms with Crippen LogP contribution in [-0.4, -0.2) is 31.8 Å². The van der Waals surface area contributed by atoms with Crippen molar-refractivity contribution in [2.24, 2.45) is 0 Å². The monoisotopic (exact) mass is 453 g/mol. The zero-order chi connectivity index (χ0) is 23.5. The maximum absolute atomic E-state index is 12.4. The van der Waals surface area contributed by atoms with Gasteiger partial charge >= 0.3 is 0 Å². The molecule has 0 saturated carbocycles. The number of pyridine rings is 2. The Morgan fingerprint density at radius 1 is 1.12 bits per heavy atom. The van der Waals surface area contributed by atoms with E-state index >= 15 is 0 Å². The summed E-state index contributed by atoms with van der Waals surface area (Å²) in [5.74, 6) is 0.982. The molecule has 0 spiro atoms. The molecular formula is C24H27N3O4S. The molecule has 2 heterocycles. The van der Waals surface area contributed by atoms with E-state index in [4.69, 9.17) is 4.74 Å². The molecular weight excluding hydrogens is 426 g/mol. The third-order valence-corrected chi connectivity index (χ3v) is 5.37. The van der Waals surface area contributed by atoms with Gasteiger partial charge in [-0.05, 0) is 52.9 Å². The zero-order valence-electron chi connectivity index (χ0n) is 18.8. The molecule has 0 bridgehead atoms. The fraction of sp³-hybridized carbons (Fsp3) is 0.250. The Hall–Kier alpha value is -3.39. The maximum Gasteiger partial charge on any atom is 0.255 e. The Bertz CT molecular complexity index is 1300. The van der Waals surface area contributed by atoms with Crippen LogP contribution in [0, 0.1) is 0 Å². The van der Waals surface area contributed by atoms with E-state index in [0.717, 1.165) is 34.3 Å². The number of nitrogens with one attached hydrogen (secondary N) is 2. The van der Waals surface area contributed by atoms with Crippen LogP contribution in [0.3, 0.4) is 0 Å². The molecule has 168 valence electrons. The molecule has 32 heavy (non-hydrogen) atoms. The summed E-state index contributed by atoms with van der Waals surface area (Å²) in [6.07, 6.45) is 8.02. The molecule has 0 saturated heterocycles. The van der Waals surface area contributed by atoms with Crippen molar-refractivity contribution < 1.29 is 13.2 Å². The first kappa shape index (κ1) is 23.3. The molecule has 0 aliphatic heterocycles. The molecule has 0 aliphatic carbocycles. The molecule has 2 N–H and O–H groups in total. The summed E-state index contributed by atoms with van der Waals surface area (Å²) < 4.78 is 30.8. The minimum atomic E-state index is -3.38. The van der Waals surface area contributed by atoms with Gasteiger partial charge in [0, 0.05) is 29.1 Å². The van der Waals surface area contributed by atoms with Gasteiger partial charge in [0.15, 0.2) is 0 Å². The number of sulfonamides is 1. The van der Waals surface area contributed by atoms with E-state index < -0.39 is 10.0 Å². The Morgan fingerprint density at radius 3 is 2.44 bits per heavy atom. The highest BCUT2D eigenvalue weighted by Gasteiger charge is 2.22. The van der Waals surface area contributed by atoms with E-state index in [1.807, 2.05) is 24.3 Å². The summed E-state index contributed by atoms with van der Waals surface area (Å²) in [5.41, 5.74) is 3.57. The number of hydrogen-bond acceptors (Lipinski definition) is 5. The van der Waals surface area contributed by atoms with Crippen molar-refractivity contribution in [2.45, 2.75) is 26.2 Å². The lowest BCUT2D eigenvalue weighted by atomic mass is 9.83. The van der Waals surface area contributed by atoms with Crippen molar-refractivity contribution in [3.8, 4) is 16.9 Å². The van der Waals surface area contributed by atoms with Gasteiger partial charge in [-0.25, -0.2) is 13.4 Å². The van der Waals surface area contributed by atoms with Crippen LogP contribution >= 0.6 is 0 Å². The Balaban J connectivity index is 2.07. The second-order valence-corrected chi connectivity index (χ2v) is 10.2. The number of benzene rings is 1. The minimum Gasteiger partial charge on any atom is -0.496 e. The fourth-order valence-electron chi connectivity index (χ4n) is 3.30. The quantitative estimate of drug-likeness (QED) is 0.580. The average Bonchev–Trinajstić information content (AvgIpc) is 2.71. The van der Waals surface area contributed by atoms with Crippen molar-refractivity contribution in [1.29, 1.82) is 0 Å². The Morgan fingerprint density at radius 2 is 1.88 bits per heavy atom. The fourth-order valence-corrected chi connectivity index (χ4v) is 3.81. The van der Waals surface area contributed by atoms with Crippen molar-refractivity contribution >= 4 is 28.0 Å². The van der Waals surface area contributed by atoms with E-state index in [1.165, 1.54) is 0 Å². The Kier molecular flexibility index (Phi) is 6.55. The number of H-pyrrole nitrogens is 1. The van der Waals surface area contributed by atoms with Gasteiger partial charge in [0.05, 0.1) is 13.4 Å². The lowest BCUT2D eigenvalue weighted by Gasteiger charge is -2.24. The summed E-state index contributed by atoms with van der Waals surface area (Å²) in [6, 6.07) is 10.9. The van der Waals surface area contributed by atoms with Gasteiger partial charge in [0.25, 0.3) is 5.56 Å². The lowest BCUT2D eigenvalue weighted by Crippen LogP contribution is -2.15. The van der Waals surface area contributed by atoms with Crippen molar-refractivity contribution in [1.82, 2.24) is 9.97 Å². The SMILES string of the molecule is COc1c(/C=C/c2ccc(NS(C)(=O)=O)nc2)cc(-c2ccc[nH]c2=O)cc1C(C)(C)C. The number of methoxy groups -OCH3 is 1. The molecule has 0 aliphatic rings. The molecule has 3 rings (SSSR count). The van der Waals surface area contributed by atoms with Gasteiger partial charge in [-0.1, -0.05) is 32.9 Å². The molecule has 0 amide bonds. The molecule has 1 aromatic carbocycles. The number of anilines is 1. The third kappa shape index (κ3) is 5.64. The molecule has 0 radical (unpaired) electrons. The normalized spacial score (nSPS) is 12.2. The summed E-state index contributed by atoms with van der Waals surface area (Å²) in [5, 5.41) is 0. The molecule has 2 aromatic heterocycles. The van der Waals surface area contributed by atoms with Gasteiger partial charge in [-0.2, -0.15) is 0 Å². The van der Waals surface area contributed by atoms with Gasteiger partial charge in [0.1, 0.15) is 11.6 Å². The van der Waals surface area contributed by atoms with Crippen LogP contribution in [0.4, 0.5) is 5.82 Å². The molecule has 7 nitrogen and oxygen atoms in total. The van der Waals surface area contributed by atoms with Crippen molar-refractivity contribution in [3.05, 3.63) is 75.8 Å². The highest BCUT2D eigenvalue weighted by molar-refractivity contribution is 7.92. The highest BCUT2D eigenvalue weighted by atomic mass is 32.2. The van der Waals surface area contributed by atoms with Crippen LogP contribution < -0.4 is 15.0 Å². The smallest absolute Gasteiger partial charge is 0.255 e. The number of rotatable bonds is 6. The van der Waals surface area contributed by atoms with Crippen molar-refractivity contribution in [2.75, 3.05) is 18.1 Å². The van der Waals surface area contributed by atoms with E-state index in [0.29, 0.717) is 5.56 Å². The van der Waals surface area contributed by atoms with Gasteiger partial charge in [-0.3, -0.25) is 9.52 Å². The molecule has 3 aromatic rings. The lowest BCUT2D eigenvalue weighted by molar-refractivity contribution is 0.397. The molecule has 8 heteroatoms. The van der Waals surface area contributed by atoms with Gasteiger partial charge < -0.3 is 9.72 Å². The predicted octanol–water partition coefficient (Wildman–Crippen LogP) is 4.28. The standard InChI is InChI=1S/C24H27N3O4S/c1-24(2,3)20-14-18(19-7-6-12-25-23(19)28)13-17(22(20)31-4)10-8-16-9-11-21(26-15-16)27-32(5,29)30/h6-15H,1-5H3,(H,25,28)(H,26,27)/b10-8+. The summed E-state index contributed by atoms with van der Waals surface area (Å²) >= 11 is 0. The molecule has 0 atom stereocenters. The number of aromatic nitrogens is 2. The average molecular weight is 454 g/mol. The van der Waals surface area contributed by atoms with Crippen LogP contribution in [0.5, 0.6) is 5.75 Å². The largest absolute Gasteiger partial charge is 0.496 e. The third-order valence-electron chi connectivity index (χ3n) is 4.79. The number of ether oxygens (including phenoxy) is 1. The van der Waals surface area contributed by atoms with E-state index in [9.17, 15) is 13.2 Å². The second kappa shape index (κ2) is 9.00. The van der Waals surface area contributed by atoms with Crippen molar-refractivity contribution in [3.63, 3.8) is 0 Å². The first-order valence-corrected chi connectivity index (χ1v) is 11.9. The zero-order valence-corrected chi connectivity index (χ0v) is 19.6. The van der Waals surface area contributed by atoms with E-state index in [1.54, 1.807) is 43.8 Å². The first-order valence-electron chi connectivity index (χ1n) is 10.0. The van der Waals surface area contributed by atoms with E-state index in [2.05, 4.69) is 35.5 Å². The van der Waals surface area contributed by atoms with Crippen LogP contribution in [0.1, 0.15) is 37.5 Å². The van der Waals surface area contributed by atoms with E-state index in [-0.39, 0.29) is 16.8 Å². The minimum absolute atomic E-state index is 0.161. The number of aromatic amines is 1. The number of hydrogen-bond donors (Lipinski definition) is 2. The highest BCUT2D eigenvalue weighted by Crippen LogP contribution is 2.38. The van der Waals surface area contributed by atoms with Crippen LogP contribution in [0.25, 0.3) is 23.3 Å². The van der Waals surface area contributed by atoms with Crippen LogP contribution in [-0.2, 0) is 15.4 Å². The predicted molar refractivity (Wildman–Crippen MR) is 129 cm³/mol. The maximum atomic E-state index is 12.4. The Labute approximate surface area is 188 Å². The summed E-state index contributed by atoms with van der Waals surface area (Å²) in [7, 11) is -1.75. The van der Waals surface area contributed by atoms with Gasteiger partial charge in [0.2, 0.25) is 10.0 Å². The first-order chi connectivity index (χ1) is 15.0. The van der Waals surface area contributed by atoms with Gasteiger partial charge in [-0.15, -0.1) is 0 Å². The number of nitrogens with zero attached hydrogens (tertiary/aromatic N) is 1.